The van der Waals surface area contributed by atoms with Gasteiger partial charge in [0.2, 0.25) is 5.13 Å². The lowest BCUT2D eigenvalue weighted by molar-refractivity contribution is -0.112. The van der Waals surface area contributed by atoms with Gasteiger partial charge in [-0.05, 0) is 62.2 Å². The van der Waals surface area contributed by atoms with Gasteiger partial charge < -0.3 is 9.30 Å². The third-order valence-corrected chi connectivity index (χ3v) is 6.48. The van der Waals surface area contributed by atoms with Crippen LogP contribution in [0.25, 0.3) is 11.8 Å². The van der Waals surface area contributed by atoms with Crippen LogP contribution in [-0.4, -0.2) is 27.3 Å². The van der Waals surface area contributed by atoms with Gasteiger partial charge in [0.25, 0.3) is 5.91 Å². The standard InChI is InChI=1S/C24H25N5O2S/c1-2-31-21-12-10-19(11-13-21)29-14-6-9-20(29)15-18(16-25)22(30)26-24-28-27-23(32-24)17-7-4-3-5-8-17/h6,9-15,17H,2-5,7-8H2,1H3,(H,26,28,30)/b18-15-. The summed E-state index contributed by atoms with van der Waals surface area (Å²) in [6.07, 6.45) is 9.39. The molecule has 1 amide bonds. The SMILES string of the molecule is CCOc1ccc(-n2cccc2/C=C(/C#N)C(=O)Nc2nnc(C3CCCCC3)s2)cc1. The molecule has 0 saturated heterocycles. The predicted octanol–water partition coefficient (Wildman–Crippen LogP) is 5.32. The van der Waals surface area contributed by atoms with Gasteiger partial charge >= 0.3 is 0 Å². The van der Waals surface area contributed by atoms with Crippen LogP contribution >= 0.6 is 11.3 Å². The lowest BCUT2D eigenvalue weighted by Gasteiger charge is -2.18. The summed E-state index contributed by atoms with van der Waals surface area (Å²) in [5.41, 5.74) is 1.63. The molecule has 8 heteroatoms. The summed E-state index contributed by atoms with van der Waals surface area (Å²) in [5.74, 6) is 0.732. The van der Waals surface area contributed by atoms with E-state index in [1.54, 1.807) is 6.08 Å². The van der Waals surface area contributed by atoms with Crippen LogP contribution in [-0.2, 0) is 4.79 Å². The number of aromatic nitrogens is 3. The fourth-order valence-electron chi connectivity index (χ4n) is 3.88. The van der Waals surface area contributed by atoms with E-state index in [1.807, 2.05) is 60.2 Å². The zero-order chi connectivity index (χ0) is 22.3. The first-order valence-corrected chi connectivity index (χ1v) is 11.7. The van der Waals surface area contributed by atoms with Crippen LogP contribution in [0, 0.1) is 11.3 Å². The highest BCUT2D eigenvalue weighted by Gasteiger charge is 2.21. The normalized spacial score (nSPS) is 14.7. The maximum atomic E-state index is 12.7. The van der Waals surface area contributed by atoms with E-state index >= 15 is 0 Å². The average Bonchev–Trinajstić information content (AvgIpc) is 3.48. The molecule has 1 aromatic carbocycles. The van der Waals surface area contributed by atoms with Crippen molar-refractivity contribution >= 4 is 28.5 Å². The lowest BCUT2D eigenvalue weighted by Crippen LogP contribution is -2.13. The topological polar surface area (TPSA) is 92.8 Å². The first kappa shape index (κ1) is 21.8. The summed E-state index contributed by atoms with van der Waals surface area (Å²) >= 11 is 1.40. The summed E-state index contributed by atoms with van der Waals surface area (Å²) in [4.78, 5) is 12.7. The van der Waals surface area contributed by atoms with Gasteiger partial charge in [-0.3, -0.25) is 10.1 Å². The molecule has 0 atom stereocenters. The van der Waals surface area contributed by atoms with Crippen molar-refractivity contribution in [2.75, 3.05) is 11.9 Å². The van der Waals surface area contributed by atoms with E-state index in [4.69, 9.17) is 4.74 Å². The van der Waals surface area contributed by atoms with Crippen molar-refractivity contribution in [3.05, 3.63) is 58.9 Å². The Morgan fingerprint density at radius 3 is 2.75 bits per heavy atom. The molecule has 1 N–H and O–H groups in total. The third kappa shape index (κ3) is 5.06. The first-order chi connectivity index (χ1) is 15.7. The van der Waals surface area contributed by atoms with Gasteiger partial charge in [0.15, 0.2) is 0 Å². The van der Waals surface area contributed by atoms with Gasteiger partial charge in [-0.1, -0.05) is 30.6 Å². The Bertz CT molecular complexity index is 1130. The molecule has 1 aliphatic rings. The molecule has 1 aliphatic carbocycles. The van der Waals surface area contributed by atoms with Crippen LogP contribution in [0.5, 0.6) is 5.75 Å². The van der Waals surface area contributed by atoms with E-state index in [1.165, 1.54) is 30.6 Å². The number of amides is 1. The maximum absolute atomic E-state index is 12.7. The van der Waals surface area contributed by atoms with Crippen molar-refractivity contribution in [2.24, 2.45) is 0 Å². The Labute approximate surface area is 191 Å². The Morgan fingerprint density at radius 1 is 1.25 bits per heavy atom. The molecule has 2 heterocycles. The van der Waals surface area contributed by atoms with Crippen LogP contribution in [0.3, 0.4) is 0 Å². The molecule has 1 saturated carbocycles. The third-order valence-electron chi connectivity index (χ3n) is 5.48. The highest BCUT2D eigenvalue weighted by molar-refractivity contribution is 7.15. The van der Waals surface area contributed by atoms with Gasteiger partial charge in [0.05, 0.1) is 6.61 Å². The van der Waals surface area contributed by atoms with E-state index in [-0.39, 0.29) is 5.57 Å². The summed E-state index contributed by atoms with van der Waals surface area (Å²) < 4.78 is 7.40. The van der Waals surface area contributed by atoms with Crippen molar-refractivity contribution < 1.29 is 9.53 Å². The minimum atomic E-state index is -0.488. The van der Waals surface area contributed by atoms with Crippen molar-refractivity contribution in [1.29, 1.82) is 5.26 Å². The van der Waals surface area contributed by atoms with Gasteiger partial charge in [-0.25, -0.2) is 0 Å². The second kappa shape index (κ2) is 10.2. The molecule has 0 aliphatic heterocycles. The van der Waals surface area contributed by atoms with E-state index in [0.717, 1.165) is 35.0 Å². The number of carbonyl (C=O) groups is 1. The zero-order valence-electron chi connectivity index (χ0n) is 18.0. The number of rotatable bonds is 7. The highest BCUT2D eigenvalue weighted by Crippen LogP contribution is 2.35. The molecule has 4 rings (SSSR count). The molecular formula is C24H25N5O2S. The molecule has 0 radical (unpaired) electrons. The number of benzene rings is 1. The second-order valence-electron chi connectivity index (χ2n) is 7.63. The van der Waals surface area contributed by atoms with Crippen LogP contribution in [0.2, 0.25) is 0 Å². The molecule has 32 heavy (non-hydrogen) atoms. The van der Waals surface area contributed by atoms with Crippen molar-refractivity contribution in [2.45, 2.75) is 44.9 Å². The fourth-order valence-corrected chi connectivity index (χ4v) is 4.78. The Hall–Kier alpha value is -3.44. The first-order valence-electron chi connectivity index (χ1n) is 10.8. The molecule has 1 fully saturated rings. The van der Waals surface area contributed by atoms with Crippen LogP contribution in [0.4, 0.5) is 5.13 Å². The second-order valence-corrected chi connectivity index (χ2v) is 8.64. The van der Waals surface area contributed by atoms with Crippen molar-refractivity contribution in [3.8, 4) is 17.5 Å². The van der Waals surface area contributed by atoms with Crippen LogP contribution in [0.1, 0.15) is 55.6 Å². The Balaban J connectivity index is 1.49. The number of nitriles is 1. The lowest BCUT2D eigenvalue weighted by atomic mass is 9.90. The summed E-state index contributed by atoms with van der Waals surface area (Å²) in [6.45, 7) is 2.55. The fraction of sp³-hybridized carbons (Fsp3) is 0.333. The number of ether oxygens (including phenoxy) is 1. The number of hydrogen-bond acceptors (Lipinski definition) is 6. The maximum Gasteiger partial charge on any atom is 0.268 e. The molecule has 3 aromatic rings. The average molecular weight is 448 g/mol. The molecule has 0 unspecified atom stereocenters. The zero-order valence-corrected chi connectivity index (χ0v) is 18.8. The monoisotopic (exact) mass is 447 g/mol. The van der Waals surface area contributed by atoms with E-state index in [2.05, 4.69) is 15.5 Å². The summed E-state index contributed by atoms with van der Waals surface area (Å²) in [6, 6.07) is 13.4. The summed E-state index contributed by atoms with van der Waals surface area (Å²) in [5, 5.41) is 22.1. The van der Waals surface area contributed by atoms with Gasteiger partial charge in [-0.2, -0.15) is 5.26 Å². The molecular weight excluding hydrogens is 422 g/mol. The van der Waals surface area contributed by atoms with Crippen LogP contribution < -0.4 is 10.1 Å². The van der Waals surface area contributed by atoms with Crippen molar-refractivity contribution in [3.63, 3.8) is 0 Å². The van der Waals surface area contributed by atoms with E-state index in [9.17, 15) is 10.1 Å². The minimum Gasteiger partial charge on any atom is -0.494 e. The molecule has 0 spiro atoms. The number of carbonyl (C=O) groups excluding carboxylic acids is 1. The Kier molecular flexibility index (Phi) is 6.97. The quantitative estimate of drug-likeness (QED) is 0.391. The highest BCUT2D eigenvalue weighted by atomic mass is 32.1. The molecule has 164 valence electrons. The van der Waals surface area contributed by atoms with E-state index in [0.29, 0.717) is 17.7 Å². The molecule has 7 nitrogen and oxygen atoms in total. The van der Waals surface area contributed by atoms with Gasteiger partial charge in [-0.15, -0.1) is 10.2 Å². The van der Waals surface area contributed by atoms with E-state index < -0.39 is 5.91 Å². The minimum absolute atomic E-state index is 0.00491. The number of hydrogen-bond donors (Lipinski definition) is 1. The number of anilines is 1. The van der Waals surface area contributed by atoms with Crippen molar-refractivity contribution in [1.82, 2.24) is 14.8 Å². The molecule has 0 bridgehead atoms. The van der Waals surface area contributed by atoms with Gasteiger partial charge in [0, 0.05) is 23.5 Å². The number of nitrogens with zero attached hydrogens (tertiary/aromatic N) is 4. The predicted molar refractivity (Wildman–Crippen MR) is 125 cm³/mol. The smallest absolute Gasteiger partial charge is 0.268 e. The number of nitrogens with one attached hydrogen (secondary N) is 1. The van der Waals surface area contributed by atoms with Crippen LogP contribution in [0.15, 0.2) is 48.2 Å². The largest absolute Gasteiger partial charge is 0.494 e. The Morgan fingerprint density at radius 2 is 2.03 bits per heavy atom. The van der Waals surface area contributed by atoms with Gasteiger partial charge in [0.1, 0.15) is 22.4 Å². The summed E-state index contributed by atoms with van der Waals surface area (Å²) in [7, 11) is 0. The molecule has 2 aromatic heterocycles.